The van der Waals surface area contributed by atoms with Gasteiger partial charge in [0.05, 0.1) is 12.2 Å². The first-order chi connectivity index (χ1) is 16.4. The van der Waals surface area contributed by atoms with Gasteiger partial charge in [-0.3, -0.25) is 14.1 Å². The molecular weight excluding hydrogens is 460 g/mol. The van der Waals surface area contributed by atoms with Crippen LogP contribution in [-0.2, 0) is 6.67 Å². The second kappa shape index (κ2) is 9.11. The number of ether oxygens (including phenoxy) is 1. The highest BCUT2D eigenvalue weighted by Gasteiger charge is 2.23. The number of fused-ring (bicyclic) bond motifs is 3. The summed E-state index contributed by atoms with van der Waals surface area (Å²) < 4.78 is 33.8. The van der Waals surface area contributed by atoms with E-state index in [0.29, 0.717) is 43.2 Å². The molecule has 3 heterocycles. The molecule has 4 aromatic rings. The van der Waals surface area contributed by atoms with Crippen LogP contribution >= 0.6 is 12.2 Å². The van der Waals surface area contributed by atoms with E-state index in [1.807, 2.05) is 33.3 Å². The number of aromatic nitrogens is 3. The molecule has 1 amide bonds. The Morgan fingerprint density at radius 2 is 1.85 bits per heavy atom. The Bertz CT molecular complexity index is 1430. The van der Waals surface area contributed by atoms with Crippen LogP contribution in [0.15, 0.2) is 54.6 Å². The van der Waals surface area contributed by atoms with E-state index in [4.69, 9.17) is 17.3 Å². The molecule has 2 aromatic carbocycles. The number of carbonyl (C=O) groups excluding carboxylic acids is 1. The summed E-state index contributed by atoms with van der Waals surface area (Å²) in [4.78, 5) is 16.8. The van der Waals surface area contributed by atoms with Crippen LogP contribution in [0.2, 0.25) is 0 Å². The average Bonchev–Trinajstić information content (AvgIpc) is 3.14. The minimum Gasteiger partial charge on any atom is -0.435 e. The van der Waals surface area contributed by atoms with Crippen LogP contribution in [0.3, 0.4) is 0 Å². The zero-order valence-corrected chi connectivity index (χ0v) is 19.3. The summed E-state index contributed by atoms with van der Waals surface area (Å²) in [6.45, 7) is 1.98. The minimum absolute atomic E-state index is 0.0246. The molecule has 0 atom stereocenters. The number of amides is 1. The molecule has 7 nitrogen and oxygen atoms in total. The molecule has 1 aliphatic rings. The van der Waals surface area contributed by atoms with E-state index in [1.54, 1.807) is 11.0 Å². The van der Waals surface area contributed by atoms with Gasteiger partial charge in [0.1, 0.15) is 5.75 Å². The van der Waals surface area contributed by atoms with Crippen LogP contribution in [0.4, 0.5) is 8.78 Å². The van der Waals surface area contributed by atoms with Crippen molar-refractivity contribution in [1.29, 1.82) is 0 Å². The third-order valence-electron chi connectivity index (χ3n) is 6.08. The number of benzene rings is 2. The SMILES string of the molecule is Cc1cc2nn(CN3CCN(C(=O)c4cccc(OC(F)F)c4)CC3)c(=S)n2c2ccccc12. The monoisotopic (exact) mass is 483 g/mol. The van der Waals surface area contributed by atoms with Crippen molar-refractivity contribution in [1.82, 2.24) is 24.0 Å². The van der Waals surface area contributed by atoms with Crippen LogP contribution in [0.5, 0.6) is 5.75 Å². The maximum atomic E-state index is 12.9. The number of halogens is 2. The molecule has 176 valence electrons. The molecule has 0 saturated carbocycles. The van der Waals surface area contributed by atoms with Gasteiger partial charge in [0, 0.05) is 37.1 Å². The molecule has 34 heavy (non-hydrogen) atoms. The quantitative estimate of drug-likeness (QED) is 0.395. The molecule has 0 aliphatic carbocycles. The molecule has 0 bridgehead atoms. The molecule has 5 rings (SSSR count). The lowest BCUT2D eigenvalue weighted by molar-refractivity contribution is -0.0499. The lowest BCUT2D eigenvalue weighted by Crippen LogP contribution is -2.49. The second-order valence-corrected chi connectivity index (χ2v) is 8.64. The van der Waals surface area contributed by atoms with Crippen molar-refractivity contribution in [2.45, 2.75) is 20.2 Å². The van der Waals surface area contributed by atoms with Crippen LogP contribution in [0.25, 0.3) is 16.6 Å². The van der Waals surface area contributed by atoms with Gasteiger partial charge in [0.25, 0.3) is 5.91 Å². The predicted molar refractivity (Wildman–Crippen MR) is 127 cm³/mol. The van der Waals surface area contributed by atoms with Gasteiger partial charge in [-0.2, -0.15) is 13.9 Å². The van der Waals surface area contributed by atoms with Gasteiger partial charge in [-0.25, -0.2) is 4.68 Å². The summed E-state index contributed by atoms with van der Waals surface area (Å²) in [5, 5.41) is 5.87. The van der Waals surface area contributed by atoms with Crippen molar-refractivity contribution in [2.75, 3.05) is 26.2 Å². The first-order valence-electron chi connectivity index (χ1n) is 10.9. The topological polar surface area (TPSA) is 55.0 Å². The van der Waals surface area contributed by atoms with E-state index in [0.717, 1.165) is 22.1 Å². The Morgan fingerprint density at radius 1 is 1.09 bits per heavy atom. The number of rotatable bonds is 5. The molecule has 0 N–H and O–H groups in total. The maximum Gasteiger partial charge on any atom is 0.387 e. The standard InChI is InChI=1S/C24H23F2N5O2S/c1-16-13-21-27-30(24(34)31(21)20-8-3-2-7-19(16)20)15-28-9-11-29(12-10-28)22(32)17-5-4-6-18(14-17)33-23(25)26/h2-8,13-14,23H,9-12,15H2,1H3. The van der Waals surface area contributed by atoms with E-state index >= 15 is 0 Å². The Morgan fingerprint density at radius 3 is 2.62 bits per heavy atom. The Kier molecular flexibility index (Phi) is 6.01. The molecule has 2 aromatic heterocycles. The summed E-state index contributed by atoms with van der Waals surface area (Å²) in [5.41, 5.74) is 3.31. The average molecular weight is 484 g/mol. The summed E-state index contributed by atoms with van der Waals surface area (Å²) in [6.07, 6.45) is 0. The number of alkyl halides is 2. The van der Waals surface area contributed by atoms with Gasteiger partial charge in [0.15, 0.2) is 5.65 Å². The Labute approximate surface area is 199 Å². The van der Waals surface area contributed by atoms with E-state index in [-0.39, 0.29) is 11.7 Å². The Hall–Kier alpha value is -3.37. The maximum absolute atomic E-state index is 12.9. The van der Waals surface area contributed by atoms with Gasteiger partial charge < -0.3 is 9.64 Å². The molecule has 0 unspecified atom stereocenters. The van der Waals surface area contributed by atoms with Crippen LogP contribution < -0.4 is 4.74 Å². The van der Waals surface area contributed by atoms with Crippen molar-refractivity contribution in [3.05, 3.63) is 70.5 Å². The molecule has 1 fully saturated rings. The normalized spacial score (nSPS) is 14.9. The summed E-state index contributed by atoms with van der Waals surface area (Å²) in [6, 6.07) is 16.1. The molecule has 0 radical (unpaired) electrons. The first-order valence-corrected chi connectivity index (χ1v) is 11.4. The predicted octanol–water partition coefficient (Wildman–Crippen LogP) is 4.34. The highest BCUT2D eigenvalue weighted by Crippen LogP contribution is 2.22. The van der Waals surface area contributed by atoms with Gasteiger partial charge in [-0.1, -0.05) is 24.3 Å². The molecule has 10 heteroatoms. The van der Waals surface area contributed by atoms with Crippen LogP contribution in [-0.4, -0.2) is 62.7 Å². The largest absolute Gasteiger partial charge is 0.435 e. The number of para-hydroxylation sites is 1. The van der Waals surface area contributed by atoms with Crippen molar-refractivity contribution in [2.24, 2.45) is 0 Å². The Balaban J connectivity index is 1.29. The fraction of sp³-hybridized carbons (Fsp3) is 0.292. The summed E-state index contributed by atoms with van der Waals surface area (Å²) in [5.74, 6) is -0.228. The van der Waals surface area contributed by atoms with E-state index in [9.17, 15) is 13.6 Å². The van der Waals surface area contributed by atoms with Crippen molar-refractivity contribution in [3.8, 4) is 5.75 Å². The second-order valence-electron chi connectivity index (χ2n) is 8.28. The minimum atomic E-state index is -2.93. The zero-order valence-electron chi connectivity index (χ0n) is 18.5. The molecule has 1 aliphatic heterocycles. The highest BCUT2D eigenvalue weighted by atomic mass is 32.1. The molecule has 1 saturated heterocycles. The van der Waals surface area contributed by atoms with Crippen LogP contribution in [0, 0.1) is 11.7 Å². The van der Waals surface area contributed by atoms with E-state index in [2.05, 4.69) is 22.6 Å². The highest BCUT2D eigenvalue weighted by molar-refractivity contribution is 7.71. The third kappa shape index (κ3) is 4.26. The van der Waals surface area contributed by atoms with Crippen LogP contribution in [0.1, 0.15) is 15.9 Å². The smallest absolute Gasteiger partial charge is 0.387 e. The number of pyridine rings is 1. The van der Waals surface area contributed by atoms with Gasteiger partial charge in [-0.15, -0.1) is 0 Å². The van der Waals surface area contributed by atoms with E-state index in [1.165, 1.54) is 18.2 Å². The lowest BCUT2D eigenvalue weighted by Gasteiger charge is -2.34. The molecular formula is C24H23F2N5O2S. The van der Waals surface area contributed by atoms with Gasteiger partial charge >= 0.3 is 6.61 Å². The number of nitrogens with zero attached hydrogens (tertiary/aromatic N) is 5. The van der Waals surface area contributed by atoms with Crippen molar-refractivity contribution in [3.63, 3.8) is 0 Å². The fourth-order valence-electron chi connectivity index (χ4n) is 4.38. The summed E-state index contributed by atoms with van der Waals surface area (Å²) in [7, 11) is 0. The fourth-order valence-corrected chi connectivity index (χ4v) is 4.67. The van der Waals surface area contributed by atoms with E-state index < -0.39 is 6.61 Å². The van der Waals surface area contributed by atoms with Crippen molar-refractivity contribution >= 4 is 34.7 Å². The summed E-state index contributed by atoms with van der Waals surface area (Å²) >= 11 is 5.74. The first kappa shape index (κ1) is 22.4. The number of hydrogen-bond donors (Lipinski definition) is 0. The number of hydrogen-bond acceptors (Lipinski definition) is 5. The van der Waals surface area contributed by atoms with Crippen molar-refractivity contribution < 1.29 is 18.3 Å². The lowest BCUT2D eigenvalue weighted by atomic mass is 10.1. The van der Waals surface area contributed by atoms with Gasteiger partial charge in [-0.05, 0) is 55.0 Å². The zero-order chi connectivity index (χ0) is 23.8. The number of piperazine rings is 1. The van der Waals surface area contributed by atoms with Gasteiger partial charge in [0.2, 0.25) is 4.77 Å². The third-order valence-corrected chi connectivity index (χ3v) is 6.47. The number of aryl methyl sites for hydroxylation is 1. The molecule has 0 spiro atoms. The number of carbonyl (C=O) groups is 1.